The lowest BCUT2D eigenvalue weighted by atomic mass is 10.1. The summed E-state index contributed by atoms with van der Waals surface area (Å²) in [5, 5.41) is 6.98. The molecule has 0 amide bonds. The van der Waals surface area contributed by atoms with Gasteiger partial charge < -0.3 is 5.73 Å². The minimum atomic E-state index is 0.711. The van der Waals surface area contributed by atoms with Gasteiger partial charge in [0.25, 0.3) is 0 Å². The third kappa shape index (κ3) is 2.29. The van der Waals surface area contributed by atoms with Gasteiger partial charge in [0.1, 0.15) is 0 Å². The lowest BCUT2D eigenvalue weighted by Crippen LogP contribution is -1.95. The van der Waals surface area contributed by atoms with Crippen molar-refractivity contribution >= 4 is 17.6 Å². The first-order chi connectivity index (χ1) is 5.74. The molecule has 1 aromatic rings. The van der Waals surface area contributed by atoms with Gasteiger partial charge in [0.2, 0.25) is 0 Å². The molecule has 0 atom stereocenters. The normalized spacial score (nSPS) is 11.7. The molecular formula is C9H12N2S. The number of nitrogens with two attached hydrogens (primary N) is 2. The van der Waals surface area contributed by atoms with Crippen molar-refractivity contribution in [3.05, 3.63) is 40.8 Å². The molecule has 0 unspecified atom stereocenters. The molecule has 0 aromatic heterocycles. The van der Waals surface area contributed by atoms with Crippen molar-refractivity contribution in [2.24, 2.45) is 10.9 Å². The number of benzene rings is 1. The zero-order chi connectivity index (χ0) is 8.97. The Labute approximate surface area is 76.8 Å². The van der Waals surface area contributed by atoms with Crippen LogP contribution in [0.1, 0.15) is 11.1 Å². The van der Waals surface area contributed by atoms with Gasteiger partial charge in [-0.25, -0.2) is 0 Å². The van der Waals surface area contributed by atoms with Crippen molar-refractivity contribution in [2.75, 3.05) is 0 Å². The predicted molar refractivity (Wildman–Crippen MR) is 55.1 cm³/mol. The Morgan fingerprint density at radius 1 is 1.33 bits per heavy atom. The van der Waals surface area contributed by atoms with Crippen molar-refractivity contribution in [1.82, 2.24) is 0 Å². The van der Waals surface area contributed by atoms with Crippen LogP contribution in [-0.2, 0) is 0 Å². The minimum absolute atomic E-state index is 0.711. The summed E-state index contributed by atoms with van der Waals surface area (Å²) in [6.07, 6.45) is 0. The molecule has 0 spiro atoms. The van der Waals surface area contributed by atoms with E-state index in [1.165, 1.54) is 5.56 Å². The molecule has 0 radical (unpaired) electrons. The Bertz CT molecular complexity index is 277. The van der Waals surface area contributed by atoms with Gasteiger partial charge in [-0.15, -0.1) is 0 Å². The summed E-state index contributed by atoms with van der Waals surface area (Å²) in [4.78, 5) is 0. The van der Waals surface area contributed by atoms with E-state index in [-0.39, 0.29) is 0 Å². The molecule has 3 heteroatoms. The van der Waals surface area contributed by atoms with Crippen molar-refractivity contribution < 1.29 is 0 Å². The molecule has 0 aliphatic heterocycles. The SMILES string of the molecule is Cc1ccc(/C(N)=C/SN)cc1. The standard InChI is InChI=1S/C9H12N2S/c1-7-2-4-8(5-3-7)9(10)6-12-11/h2-6H,10-11H2,1H3/b9-6-. The van der Waals surface area contributed by atoms with E-state index in [2.05, 4.69) is 0 Å². The van der Waals surface area contributed by atoms with Gasteiger partial charge in [0.15, 0.2) is 0 Å². The number of hydrogen-bond acceptors (Lipinski definition) is 3. The Kier molecular flexibility index (Phi) is 3.19. The molecule has 0 fully saturated rings. The van der Waals surface area contributed by atoms with E-state index in [9.17, 15) is 0 Å². The smallest absolute Gasteiger partial charge is 0.0464 e. The largest absolute Gasteiger partial charge is 0.398 e. The molecule has 2 nitrogen and oxygen atoms in total. The van der Waals surface area contributed by atoms with Gasteiger partial charge in [-0.1, -0.05) is 41.8 Å². The van der Waals surface area contributed by atoms with Gasteiger partial charge >= 0.3 is 0 Å². The van der Waals surface area contributed by atoms with E-state index in [1.54, 1.807) is 5.41 Å². The molecule has 0 saturated heterocycles. The van der Waals surface area contributed by atoms with Crippen LogP contribution in [0.4, 0.5) is 0 Å². The number of aryl methyl sites for hydroxylation is 1. The molecule has 12 heavy (non-hydrogen) atoms. The second-order valence-corrected chi connectivity index (χ2v) is 3.08. The lowest BCUT2D eigenvalue weighted by molar-refractivity contribution is 1.43. The molecule has 0 aliphatic carbocycles. The first kappa shape index (κ1) is 9.16. The molecule has 1 aromatic carbocycles. The highest BCUT2D eigenvalue weighted by Crippen LogP contribution is 2.11. The predicted octanol–water partition coefficient (Wildman–Crippen LogP) is 1.86. The van der Waals surface area contributed by atoms with Crippen LogP contribution in [0.3, 0.4) is 0 Å². The summed E-state index contributed by atoms with van der Waals surface area (Å²) in [7, 11) is 0. The molecular weight excluding hydrogens is 168 g/mol. The van der Waals surface area contributed by atoms with Crippen LogP contribution in [0.5, 0.6) is 0 Å². The van der Waals surface area contributed by atoms with Gasteiger partial charge in [-0.2, -0.15) is 0 Å². The molecule has 4 N–H and O–H groups in total. The molecule has 0 aliphatic rings. The van der Waals surface area contributed by atoms with Crippen molar-refractivity contribution in [3.63, 3.8) is 0 Å². The van der Waals surface area contributed by atoms with Crippen LogP contribution in [0.15, 0.2) is 29.7 Å². The molecule has 1 rings (SSSR count). The van der Waals surface area contributed by atoms with E-state index in [4.69, 9.17) is 10.9 Å². The topological polar surface area (TPSA) is 52.0 Å². The van der Waals surface area contributed by atoms with E-state index < -0.39 is 0 Å². The highest BCUT2D eigenvalue weighted by atomic mass is 32.2. The fourth-order valence-corrected chi connectivity index (χ4v) is 1.17. The van der Waals surface area contributed by atoms with Crippen LogP contribution < -0.4 is 10.9 Å². The van der Waals surface area contributed by atoms with Gasteiger partial charge in [0.05, 0.1) is 0 Å². The van der Waals surface area contributed by atoms with Gasteiger partial charge in [-0.05, 0) is 12.5 Å². The van der Waals surface area contributed by atoms with Crippen LogP contribution in [0, 0.1) is 6.92 Å². The Morgan fingerprint density at radius 3 is 2.42 bits per heavy atom. The summed E-state index contributed by atoms with van der Waals surface area (Å²) in [6.45, 7) is 2.04. The summed E-state index contributed by atoms with van der Waals surface area (Å²) in [5.41, 5.74) is 8.67. The Morgan fingerprint density at radius 2 is 1.92 bits per heavy atom. The van der Waals surface area contributed by atoms with E-state index in [1.807, 2.05) is 31.2 Å². The van der Waals surface area contributed by atoms with Crippen molar-refractivity contribution in [3.8, 4) is 0 Å². The minimum Gasteiger partial charge on any atom is -0.398 e. The van der Waals surface area contributed by atoms with Crippen LogP contribution in [0.25, 0.3) is 5.70 Å². The lowest BCUT2D eigenvalue weighted by Gasteiger charge is -2.00. The maximum atomic E-state index is 5.72. The number of rotatable bonds is 2. The van der Waals surface area contributed by atoms with Gasteiger partial charge in [-0.3, -0.25) is 5.14 Å². The molecule has 0 heterocycles. The van der Waals surface area contributed by atoms with Crippen LogP contribution >= 0.6 is 11.9 Å². The quantitative estimate of drug-likeness (QED) is 0.683. The van der Waals surface area contributed by atoms with E-state index in [0.29, 0.717) is 5.70 Å². The average Bonchev–Trinajstić information content (AvgIpc) is 2.06. The number of hydrogen-bond donors (Lipinski definition) is 2. The zero-order valence-electron chi connectivity index (χ0n) is 6.95. The fraction of sp³-hybridized carbons (Fsp3) is 0.111. The molecule has 0 saturated carbocycles. The fourth-order valence-electron chi connectivity index (χ4n) is 0.887. The van der Waals surface area contributed by atoms with E-state index >= 15 is 0 Å². The average molecular weight is 180 g/mol. The maximum Gasteiger partial charge on any atom is 0.0464 e. The van der Waals surface area contributed by atoms with Crippen molar-refractivity contribution in [1.29, 1.82) is 0 Å². The summed E-state index contributed by atoms with van der Waals surface area (Å²) >= 11 is 1.12. The molecule has 0 bridgehead atoms. The first-order valence-corrected chi connectivity index (χ1v) is 4.56. The Hall–Kier alpha value is -0.930. The monoisotopic (exact) mass is 180 g/mol. The van der Waals surface area contributed by atoms with E-state index in [0.717, 1.165) is 17.5 Å². The second-order valence-electron chi connectivity index (χ2n) is 2.58. The van der Waals surface area contributed by atoms with Crippen molar-refractivity contribution in [2.45, 2.75) is 6.92 Å². The maximum absolute atomic E-state index is 5.72. The van der Waals surface area contributed by atoms with Crippen LogP contribution in [0.2, 0.25) is 0 Å². The zero-order valence-corrected chi connectivity index (χ0v) is 7.77. The second kappa shape index (κ2) is 4.18. The highest BCUT2D eigenvalue weighted by molar-refractivity contribution is 8.00. The summed E-state index contributed by atoms with van der Waals surface area (Å²) < 4.78 is 0. The third-order valence-electron chi connectivity index (χ3n) is 1.58. The Balaban J connectivity index is 2.89. The first-order valence-electron chi connectivity index (χ1n) is 3.62. The third-order valence-corrected chi connectivity index (χ3v) is 1.97. The summed E-state index contributed by atoms with van der Waals surface area (Å²) in [5.74, 6) is 0. The van der Waals surface area contributed by atoms with Crippen LogP contribution in [-0.4, -0.2) is 0 Å². The van der Waals surface area contributed by atoms with Gasteiger partial charge in [0, 0.05) is 11.1 Å². The summed E-state index contributed by atoms with van der Waals surface area (Å²) in [6, 6.07) is 8.02. The molecule has 64 valence electrons. The highest BCUT2D eigenvalue weighted by Gasteiger charge is 1.93.